The summed E-state index contributed by atoms with van der Waals surface area (Å²) in [4.78, 5) is 37.3. The third-order valence-corrected chi connectivity index (χ3v) is 11.5. The van der Waals surface area contributed by atoms with Gasteiger partial charge in [0.15, 0.2) is 5.60 Å². The van der Waals surface area contributed by atoms with Crippen molar-refractivity contribution in [2.75, 3.05) is 0 Å². The molecule has 0 saturated heterocycles. The van der Waals surface area contributed by atoms with Gasteiger partial charge in [-0.25, -0.2) is 9.07 Å². The first-order chi connectivity index (χ1) is 19.4. The van der Waals surface area contributed by atoms with Crippen molar-refractivity contribution in [3.8, 4) is 5.69 Å². The molecule has 41 heavy (non-hydrogen) atoms. The summed E-state index contributed by atoms with van der Waals surface area (Å²) >= 11 is 8.04. The molecule has 3 saturated carbocycles. The minimum atomic E-state index is -1.33. The molecule has 7 nitrogen and oxygen atoms in total. The highest BCUT2D eigenvalue weighted by Gasteiger charge is 2.70. The maximum atomic E-state index is 14.2. The first-order valence-electron chi connectivity index (χ1n) is 14.3. The number of nitrogens with zero attached hydrogens (tertiary/aromatic N) is 2. The summed E-state index contributed by atoms with van der Waals surface area (Å²) in [6.45, 7) is 5.94. The molecule has 7 atom stereocenters. The molecule has 6 rings (SSSR count). The van der Waals surface area contributed by atoms with E-state index in [1.54, 1.807) is 17.7 Å². The van der Waals surface area contributed by atoms with Crippen LogP contribution in [0.25, 0.3) is 11.8 Å². The number of rotatable bonds is 5. The van der Waals surface area contributed by atoms with Crippen LogP contribution < -0.4 is 0 Å². The molecule has 0 spiro atoms. The molecule has 1 N–H and O–H groups in total. The number of thiol groups is 2. The Morgan fingerprint density at radius 3 is 2.66 bits per heavy atom. The van der Waals surface area contributed by atoms with Crippen LogP contribution in [0.5, 0.6) is 0 Å². The van der Waals surface area contributed by atoms with Gasteiger partial charge < -0.3 is 9.84 Å². The van der Waals surface area contributed by atoms with Crippen molar-refractivity contribution in [1.82, 2.24) is 9.78 Å². The topological polar surface area (TPSA) is 98.5 Å². The van der Waals surface area contributed by atoms with Gasteiger partial charge in [0.1, 0.15) is 5.82 Å². The number of aromatic nitrogens is 2. The second kappa shape index (κ2) is 9.81. The lowest BCUT2D eigenvalue weighted by molar-refractivity contribution is -0.196. The quantitative estimate of drug-likeness (QED) is 0.316. The summed E-state index contributed by atoms with van der Waals surface area (Å²) in [5.74, 6) is -0.828. The molecule has 10 heteroatoms. The predicted octanol–water partition coefficient (Wildman–Crippen LogP) is 5.38. The van der Waals surface area contributed by atoms with Crippen molar-refractivity contribution < 1.29 is 28.6 Å². The molecule has 4 aliphatic carbocycles. The third-order valence-electron chi connectivity index (χ3n) is 10.9. The summed E-state index contributed by atoms with van der Waals surface area (Å²) in [7, 11) is 0. The van der Waals surface area contributed by atoms with Crippen molar-refractivity contribution in [1.29, 1.82) is 0 Å². The first-order valence-corrected chi connectivity index (χ1v) is 15.2. The molecular weight excluding hydrogens is 563 g/mol. The van der Waals surface area contributed by atoms with Crippen LogP contribution in [0.1, 0.15) is 80.9 Å². The Balaban J connectivity index is 1.36. The largest absolute Gasteiger partial charge is 0.449 e. The number of ether oxygens (including phenoxy) is 1. The number of aliphatic hydroxyl groups is 1. The van der Waals surface area contributed by atoms with Crippen LogP contribution in [0, 0.1) is 34.4 Å². The van der Waals surface area contributed by atoms with Crippen LogP contribution >= 0.6 is 25.3 Å². The first kappa shape index (κ1) is 28.7. The van der Waals surface area contributed by atoms with Crippen LogP contribution in [0.15, 0.2) is 30.0 Å². The predicted molar refractivity (Wildman–Crippen MR) is 157 cm³/mol. The number of carbonyl (C=O) groups is 3. The minimum Gasteiger partial charge on any atom is -0.449 e. The van der Waals surface area contributed by atoms with Gasteiger partial charge in [-0.3, -0.25) is 14.4 Å². The summed E-state index contributed by atoms with van der Waals surface area (Å²) in [5.41, 5.74) is 1.25. The van der Waals surface area contributed by atoms with E-state index in [1.165, 1.54) is 17.7 Å². The number of aliphatic hydroxyl groups excluding tert-OH is 1. The number of carbonyl (C=O) groups excluding carboxylic acids is 3. The highest BCUT2D eigenvalue weighted by Crippen LogP contribution is 2.68. The van der Waals surface area contributed by atoms with E-state index in [1.807, 2.05) is 13.1 Å². The number of esters is 1. The van der Waals surface area contributed by atoms with E-state index in [-0.39, 0.29) is 35.2 Å². The third kappa shape index (κ3) is 4.03. The molecule has 1 heterocycles. The molecule has 4 aliphatic rings. The number of hydrogen-bond donors (Lipinski definition) is 3. The van der Waals surface area contributed by atoms with Gasteiger partial charge in [-0.2, -0.15) is 5.10 Å². The fourth-order valence-electron chi connectivity index (χ4n) is 9.02. The number of allylic oxidation sites excluding steroid dienone is 1. The van der Waals surface area contributed by atoms with E-state index in [9.17, 15) is 23.9 Å². The zero-order chi connectivity index (χ0) is 29.5. The van der Waals surface area contributed by atoms with E-state index in [2.05, 4.69) is 43.4 Å². The Hall–Kier alpha value is -2.43. The van der Waals surface area contributed by atoms with Crippen LogP contribution in [-0.4, -0.2) is 42.8 Å². The highest BCUT2D eigenvalue weighted by atomic mass is 32.1. The van der Waals surface area contributed by atoms with E-state index in [0.29, 0.717) is 24.9 Å². The highest BCUT2D eigenvalue weighted by molar-refractivity contribution is 7.97. The molecule has 1 aromatic heterocycles. The fourth-order valence-corrected chi connectivity index (χ4v) is 9.60. The van der Waals surface area contributed by atoms with E-state index in [4.69, 9.17) is 4.74 Å². The Morgan fingerprint density at radius 2 is 1.98 bits per heavy atom. The van der Waals surface area contributed by atoms with Crippen molar-refractivity contribution >= 4 is 47.5 Å². The van der Waals surface area contributed by atoms with Crippen LogP contribution in [0.3, 0.4) is 0 Å². The fraction of sp³-hybridized carbons (Fsp3) is 0.548. The van der Waals surface area contributed by atoms with Crippen LogP contribution in [0.2, 0.25) is 0 Å². The summed E-state index contributed by atoms with van der Waals surface area (Å²) < 4.78 is 21.8. The molecule has 0 bridgehead atoms. The normalized spacial score (nSPS) is 35.4. The summed E-state index contributed by atoms with van der Waals surface area (Å²) in [5, 5.41) is 15.4. The Morgan fingerprint density at radius 1 is 1.22 bits per heavy atom. The monoisotopic (exact) mass is 598 g/mol. The van der Waals surface area contributed by atoms with Gasteiger partial charge in [0, 0.05) is 11.8 Å². The van der Waals surface area contributed by atoms with Crippen LogP contribution in [-0.2, 0) is 20.7 Å². The Bertz CT molecular complexity index is 1510. The average molecular weight is 599 g/mol. The molecule has 3 fully saturated rings. The Kier molecular flexibility index (Phi) is 6.86. The molecule has 218 valence electrons. The number of benzene rings is 1. The van der Waals surface area contributed by atoms with Crippen molar-refractivity contribution in [3.63, 3.8) is 0 Å². The molecule has 2 unspecified atom stereocenters. The number of fused-ring (bicyclic) bond motifs is 6. The molecular formula is C31H35FN2O5S2. The van der Waals surface area contributed by atoms with E-state index in [0.717, 1.165) is 30.5 Å². The second-order valence-corrected chi connectivity index (χ2v) is 13.5. The average Bonchev–Trinajstić information content (AvgIpc) is 3.44. The van der Waals surface area contributed by atoms with Gasteiger partial charge in [0.2, 0.25) is 10.2 Å². The maximum Gasteiger partial charge on any atom is 0.306 e. The summed E-state index contributed by atoms with van der Waals surface area (Å²) in [6, 6.07) is 4.31. The lowest BCUT2D eigenvalue weighted by atomic mass is 9.45. The molecule has 0 aliphatic heterocycles. The van der Waals surface area contributed by atoms with Gasteiger partial charge in [-0.1, -0.05) is 26.3 Å². The zero-order valence-corrected chi connectivity index (χ0v) is 25.2. The lowest BCUT2D eigenvalue weighted by Gasteiger charge is -2.60. The van der Waals surface area contributed by atoms with Gasteiger partial charge in [-0.05, 0) is 91.5 Å². The lowest BCUT2D eigenvalue weighted by Crippen LogP contribution is -2.62. The van der Waals surface area contributed by atoms with Crippen molar-refractivity contribution in [3.05, 3.63) is 52.6 Å². The smallest absolute Gasteiger partial charge is 0.306 e. The number of halogens is 1. The maximum absolute atomic E-state index is 14.2. The molecule has 2 aromatic rings. The van der Waals surface area contributed by atoms with Gasteiger partial charge in [0.05, 0.1) is 29.2 Å². The zero-order valence-electron chi connectivity index (χ0n) is 23.4. The van der Waals surface area contributed by atoms with Crippen molar-refractivity contribution in [2.45, 2.75) is 77.4 Å². The SMILES string of the molecule is CCC(=O)OC1(C(=O)S)CC[C@H]2[C@@H]3CCC4=Cc5c(cnn5-c5ccc(F)c(C(=O)S)c5)C[C@]4(C)[C@H]3C(O)C[C@@]21C. The minimum absolute atomic E-state index is 0.0380. The Labute approximate surface area is 249 Å². The number of hydrogen-bond acceptors (Lipinski definition) is 6. The molecule has 0 radical (unpaired) electrons. The molecule has 1 aromatic carbocycles. The second-order valence-electron chi connectivity index (χ2n) is 12.7. The van der Waals surface area contributed by atoms with E-state index < -0.39 is 39.1 Å². The standard InChI is InChI=1S/C31H35FN2O5S2/c1-4-25(36)39-31(28(38)41)10-9-21-19-7-5-17-11-23-16(13-29(17,2)26(19)24(35)14-30(21,31)3)15-33-34(23)18-6-8-22(32)20(12-18)27(37)40/h6,8,11-12,15,19,21,24,26,35H,4-5,7,9-10,13-14H2,1-3H3,(H,37,40)(H,38,41)/t19-,21-,24?,26+,29-,30-,31?/m0/s1. The van der Waals surface area contributed by atoms with Gasteiger partial charge in [0.25, 0.3) is 0 Å². The van der Waals surface area contributed by atoms with Gasteiger partial charge >= 0.3 is 5.97 Å². The molecule has 0 amide bonds. The van der Waals surface area contributed by atoms with Crippen molar-refractivity contribution in [2.24, 2.45) is 28.6 Å². The van der Waals surface area contributed by atoms with E-state index >= 15 is 0 Å². The van der Waals surface area contributed by atoms with Gasteiger partial charge in [-0.15, -0.1) is 25.3 Å². The van der Waals surface area contributed by atoms with Crippen LogP contribution in [0.4, 0.5) is 4.39 Å². The summed E-state index contributed by atoms with van der Waals surface area (Å²) in [6.07, 6.45) is 7.29.